The van der Waals surface area contributed by atoms with Gasteiger partial charge in [0.1, 0.15) is 0 Å². The SMILES string of the molecule is CC(=NOCC(=O)Nc1cc(C)cc(C)c1)C(C)(C)CI. The van der Waals surface area contributed by atoms with Gasteiger partial charge in [-0.1, -0.05) is 47.7 Å². The molecule has 0 heterocycles. The smallest absolute Gasteiger partial charge is 0.265 e. The first kappa shape index (κ1) is 17.9. The molecule has 1 aromatic rings. The summed E-state index contributed by atoms with van der Waals surface area (Å²) in [6.07, 6.45) is 0. The number of alkyl halides is 1. The van der Waals surface area contributed by atoms with E-state index in [4.69, 9.17) is 4.84 Å². The minimum absolute atomic E-state index is 0.0231. The van der Waals surface area contributed by atoms with E-state index in [0.717, 1.165) is 27.0 Å². The number of rotatable bonds is 6. The lowest BCUT2D eigenvalue weighted by Gasteiger charge is -2.20. The van der Waals surface area contributed by atoms with Gasteiger partial charge in [-0.2, -0.15) is 0 Å². The summed E-state index contributed by atoms with van der Waals surface area (Å²) in [5, 5.41) is 6.85. The Bertz CT molecular complexity index is 519. The van der Waals surface area contributed by atoms with Crippen LogP contribution in [-0.2, 0) is 9.63 Å². The number of oxime groups is 1. The molecule has 0 saturated heterocycles. The molecule has 116 valence electrons. The fourth-order valence-electron chi connectivity index (χ4n) is 1.65. The van der Waals surface area contributed by atoms with Gasteiger partial charge in [0.15, 0.2) is 6.61 Å². The van der Waals surface area contributed by atoms with Gasteiger partial charge in [-0.15, -0.1) is 0 Å². The van der Waals surface area contributed by atoms with Crippen molar-refractivity contribution >= 4 is 39.9 Å². The summed E-state index contributed by atoms with van der Waals surface area (Å²) >= 11 is 2.32. The Labute approximate surface area is 140 Å². The van der Waals surface area contributed by atoms with Crippen molar-refractivity contribution in [2.24, 2.45) is 10.6 Å². The fraction of sp³-hybridized carbons (Fsp3) is 0.500. The van der Waals surface area contributed by atoms with Crippen molar-refractivity contribution in [3.05, 3.63) is 29.3 Å². The summed E-state index contributed by atoms with van der Waals surface area (Å²) in [7, 11) is 0. The van der Waals surface area contributed by atoms with E-state index in [1.54, 1.807) is 0 Å². The molecule has 5 heteroatoms. The maximum absolute atomic E-state index is 11.8. The molecule has 1 N–H and O–H groups in total. The van der Waals surface area contributed by atoms with Gasteiger partial charge in [0, 0.05) is 15.5 Å². The largest absolute Gasteiger partial charge is 0.386 e. The Morgan fingerprint density at radius 1 is 1.29 bits per heavy atom. The minimum Gasteiger partial charge on any atom is -0.386 e. The third-order valence-electron chi connectivity index (χ3n) is 3.22. The molecule has 0 aliphatic carbocycles. The lowest BCUT2D eigenvalue weighted by molar-refractivity contribution is -0.120. The molecule has 4 nitrogen and oxygen atoms in total. The van der Waals surface area contributed by atoms with Gasteiger partial charge in [0.25, 0.3) is 5.91 Å². The van der Waals surface area contributed by atoms with Crippen LogP contribution in [0.4, 0.5) is 5.69 Å². The van der Waals surface area contributed by atoms with Gasteiger partial charge < -0.3 is 10.2 Å². The summed E-state index contributed by atoms with van der Waals surface area (Å²) in [6, 6.07) is 5.92. The standard InChI is InChI=1S/C16H23IN2O2/c1-11-6-12(2)8-14(7-11)18-15(20)9-21-19-13(3)16(4,5)10-17/h6-8H,9-10H2,1-5H3,(H,18,20). The molecule has 21 heavy (non-hydrogen) atoms. The number of anilines is 1. The van der Waals surface area contributed by atoms with Crippen LogP contribution >= 0.6 is 22.6 Å². The Kier molecular flexibility index (Phi) is 6.64. The maximum Gasteiger partial charge on any atom is 0.265 e. The van der Waals surface area contributed by atoms with Crippen LogP contribution in [0.5, 0.6) is 0 Å². The van der Waals surface area contributed by atoms with E-state index in [1.165, 1.54) is 0 Å². The molecule has 0 aromatic heterocycles. The quantitative estimate of drug-likeness (QED) is 0.337. The zero-order chi connectivity index (χ0) is 16.0. The second-order valence-electron chi connectivity index (χ2n) is 5.89. The third kappa shape index (κ3) is 6.03. The number of halogens is 1. The summed E-state index contributed by atoms with van der Waals surface area (Å²) < 4.78 is 0.943. The van der Waals surface area contributed by atoms with Crippen molar-refractivity contribution in [3.8, 4) is 0 Å². The Morgan fingerprint density at radius 3 is 2.38 bits per heavy atom. The Morgan fingerprint density at radius 2 is 1.86 bits per heavy atom. The van der Waals surface area contributed by atoms with E-state index < -0.39 is 0 Å². The van der Waals surface area contributed by atoms with Crippen molar-refractivity contribution in [2.45, 2.75) is 34.6 Å². The molecule has 0 aliphatic rings. The van der Waals surface area contributed by atoms with Crippen LogP contribution in [0, 0.1) is 19.3 Å². The molecule has 1 aromatic carbocycles. The van der Waals surface area contributed by atoms with E-state index >= 15 is 0 Å². The number of amides is 1. The normalized spacial score (nSPS) is 12.2. The molecular formula is C16H23IN2O2. The number of hydrogen-bond donors (Lipinski definition) is 1. The van der Waals surface area contributed by atoms with Crippen molar-refractivity contribution in [1.82, 2.24) is 0 Å². The van der Waals surface area contributed by atoms with E-state index in [9.17, 15) is 4.79 Å². The van der Waals surface area contributed by atoms with E-state index in [0.29, 0.717) is 0 Å². The van der Waals surface area contributed by atoms with Gasteiger partial charge in [-0.25, -0.2) is 0 Å². The van der Waals surface area contributed by atoms with Crippen LogP contribution < -0.4 is 5.32 Å². The molecule has 0 bridgehead atoms. The first-order valence-corrected chi connectivity index (χ1v) is 8.38. The average Bonchev–Trinajstić information content (AvgIpc) is 2.37. The number of hydrogen-bond acceptors (Lipinski definition) is 3. The van der Waals surface area contributed by atoms with Crippen molar-refractivity contribution in [1.29, 1.82) is 0 Å². The van der Waals surface area contributed by atoms with Crippen LogP contribution in [0.1, 0.15) is 31.9 Å². The summed E-state index contributed by atoms with van der Waals surface area (Å²) in [5.74, 6) is -0.205. The molecule has 0 aliphatic heterocycles. The number of nitrogens with zero attached hydrogens (tertiary/aromatic N) is 1. The highest BCUT2D eigenvalue weighted by Crippen LogP contribution is 2.20. The number of benzene rings is 1. The second-order valence-corrected chi connectivity index (χ2v) is 6.66. The predicted octanol–water partition coefficient (Wildman–Crippen LogP) is 4.10. The van der Waals surface area contributed by atoms with Crippen molar-refractivity contribution < 1.29 is 9.63 Å². The first-order chi connectivity index (χ1) is 9.74. The summed E-state index contributed by atoms with van der Waals surface area (Å²) in [5.41, 5.74) is 3.88. The van der Waals surface area contributed by atoms with E-state index in [1.807, 2.05) is 32.9 Å². The average molecular weight is 402 g/mol. The Balaban J connectivity index is 2.53. The number of nitrogens with one attached hydrogen (secondary N) is 1. The minimum atomic E-state index is -0.205. The molecule has 0 fully saturated rings. The summed E-state index contributed by atoms with van der Waals surface area (Å²) in [4.78, 5) is 17.0. The highest BCUT2D eigenvalue weighted by Gasteiger charge is 2.20. The first-order valence-electron chi connectivity index (χ1n) is 6.86. The lowest BCUT2D eigenvalue weighted by Crippen LogP contribution is -2.24. The highest BCUT2D eigenvalue weighted by atomic mass is 127. The van der Waals surface area contributed by atoms with Crippen LogP contribution in [0.2, 0.25) is 0 Å². The summed E-state index contributed by atoms with van der Waals surface area (Å²) in [6.45, 7) is 10.0. The molecule has 0 saturated carbocycles. The molecule has 0 spiro atoms. The van der Waals surface area contributed by atoms with Crippen LogP contribution in [0.3, 0.4) is 0 Å². The van der Waals surface area contributed by atoms with Crippen molar-refractivity contribution in [2.75, 3.05) is 16.4 Å². The van der Waals surface area contributed by atoms with Gasteiger partial charge in [-0.3, -0.25) is 4.79 Å². The second kappa shape index (κ2) is 7.77. The predicted molar refractivity (Wildman–Crippen MR) is 96.3 cm³/mol. The topological polar surface area (TPSA) is 50.7 Å². The van der Waals surface area contributed by atoms with Gasteiger partial charge >= 0.3 is 0 Å². The lowest BCUT2D eigenvalue weighted by atomic mass is 9.91. The molecule has 1 amide bonds. The third-order valence-corrected chi connectivity index (χ3v) is 5.12. The number of carbonyl (C=O) groups is 1. The van der Waals surface area contributed by atoms with E-state index in [2.05, 4.69) is 53.0 Å². The molecular weight excluding hydrogens is 379 g/mol. The zero-order valence-electron chi connectivity index (χ0n) is 13.3. The fourth-order valence-corrected chi connectivity index (χ4v) is 2.20. The monoisotopic (exact) mass is 402 g/mol. The van der Waals surface area contributed by atoms with Crippen molar-refractivity contribution in [3.63, 3.8) is 0 Å². The van der Waals surface area contributed by atoms with E-state index in [-0.39, 0.29) is 17.9 Å². The molecule has 0 radical (unpaired) electrons. The molecule has 1 rings (SSSR count). The maximum atomic E-state index is 11.8. The van der Waals surface area contributed by atoms with Crippen LogP contribution in [0.25, 0.3) is 0 Å². The van der Waals surface area contributed by atoms with Gasteiger partial charge in [0.2, 0.25) is 0 Å². The van der Waals surface area contributed by atoms with Crippen LogP contribution in [0.15, 0.2) is 23.4 Å². The molecule has 0 atom stereocenters. The number of aryl methyl sites for hydroxylation is 2. The highest BCUT2D eigenvalue weighted by molar-refractivity contribution is 14.1. The zero-order valence-corrected chi connectivity index (χ0v) is 15.4. The van der Waals surface area contributed by atoms with Gasteiger partial charge in [0.05, 0.1) is 5.71 Å². The molecule has 0 unspecified atom stereocenters. The van der Waals surface area contributed by atoms with Crippen LogP contribution in [-0.4, -0.2) is 22.7 Å². The number of carbonyl (C=O) groups excluding carboxylic acids is 1. The Hall–Kier alpha value is -1.11. The van der Waals surface area contributed by atoms with Gasteiger partial charge in [-0.05, 0) is 44.0 Å².